The lowest BCUT2D eigenvalue weighted by atomic mass is 10.0. The summed E-state index contributed by atoms with van der Waals surface area (Å²) in [5.41, 5.74) is 15.8. The van der Waals surface area contributed by atoms with E-state index < -0.39 is 69.9 Å². The van der Waals surface area contributed by atoms with Crippen LogP contribution in [0.4, 0.5) is 0 Å². The van der Waals surface area contributed by atoms with Crippen LogP contribution in [0.1, 0.15) is 76.4 Å². The lowest BCUT2D eigenvalue weighted by molar-refractivity contribution is -0.181. The van der Waals surface area contributed by atoms with Gasteiger partial charge in [-0.15, -0.1) is 9.35 Å². The van der Waals surface area contributed by atoms with Crippen LogP contribution in [-0.2, 0) is 131 Å². The molecule has 5 atom stereocenters. The van der Waals surface area contributed by atoms with Gasteiger partial charge in [0, 0.05) is 11.1 Å². The second kappa shape index (κ2) is 59.8. The van der Waals surface area contributed by atoms with Crippen LogP contribution in [0.5, 0.6) is 34.5 Å². The number of hydrogen-bond acceptors (Lipinski definition) is 29. The molecule has 0 saturated heterocycles. The van der Waals surface area contributed by atoms with Crippen molar-refractivity contribution in [2.24, 2.45) is 5.73 Å². The smallest absolute Gasteiger partial charge is 0.539 e. The number of carbonyl (C=O) groups excluding carboxylic acids is 5. The van der Waals surface area contributed by atoms with E-state index in [1.807, 2.05) is 146 Å². The van der Waals surface area contributed by atoms with Crippen molar-refractivity contribution < 1.29 is 125 Å². The molecule has 2 unspecified atom stereocenters. The summed E-state index contributed by atoms with van der Waals surface area (Å²) in [4.78, 5) is 84.4. The number of nitrogens with two attached hydrogens (primary N) is 1. The van der Waals surface area contributed by atoms with Crippen molar-refractivity contribution in [2.45, 2.75) is 83.6 Å². The molecular formula is C92H91N3O26P4. The molecule has 650 valence electrons. The summed E-state index contributed by atoms with van der Waals surface area (Å²) in [5.74, 6) is -3.70. The fourth-order valence-electron chi connectivity index (χ4n) is 10.9. The van der Waals surface area contributed by atoms with Crippen LogP contribution >= 0.6 is 33.9 Å². The Morgan fingerprint density at radius 2 is 0.584 bits per heavy atom. The maximum absolute atomic E-state index is 12.9. The van der Waals surface area contributed by atoms with Crippen LogP contribution in [0.3, 0.4) is 0 Å². The standard InChI is InChI=1S/C24H21NO9P2.C24H23NO5.C16H17NO4.2C14H14O.2HO3P/c26-21(19-9-5-2-6-10-19)15-25-20(24(27)32-16-17-7-3-1-4-8-17)13-18-11-12-22(33-35(28)29)23(14-18)34-36(30)31;26-21-12-11-18(14-22(21)27)13-20(24(29)30-16-17-7-3-1-4-8-17)25-15-23(28)19-9-5-2-6-10-19;17-13(8-12-6-7-14(18)15(19)9-12)16(20)21-10-11-4-2-1-3-5-11;2*1-3-7-13(8-4-1)11-15-12-14-9-5-2-6-10-14;2*1-3-4-2/h1-12,14,20,25H,13,15-16H2;1-12,14,20,25-27H,13,15-16H2;1-7,9,13,18-19H,8,10,17H2;2*1-10H,11-12H2;2*1H/t2*20-;13-;;;;/m000..../s1. The number of phenols is 4. The molecule has 33 heteroatoms. The van der Waals surface area contributed by atoms with Gasteiger partial charge < -0.3 is 59.6 Å². The van der Waals surface area contributed by atoms with Crippen LogP contribution in [0.15, 0.2) is 328 Å². The van der Waals surface area contributed by atoms with Crippen LogP contribution in [0.2, 0.25) is 0 Å². The number of hydrogen-bond donors (Lipinski definition) is 9. The van der Waals surface area contributed by atoms with Gasteiger partial charge in [0.15, 0.2) is 34.6 Å². The summed E-state index contributed by atoms with van der Waals surface area (Å²) < 4.78 is 81.9. The van der Waals surface area contributed by atoms with Gasteiger partial charge in [-0.05, 0) is 120 Å². The molecule has 0 heterocycles. The van der Waals surface area contributed by atoms with Crippen LogP contribution in [0, 0.1) is 0 Å². The molecule has 29 nitrogen and oxygen atoms in total. The summed E-state index contributed by atoms with van der Waals surface area (Å²) in [7, 11) is -8.07. The Hall–Kier alpha value is -12.9. The Kier molecular flexibility index (Phi) is 48.3. The Morgan fingerprint density at radius 1 is 0.328 bits per heavy atom. The second-order valence-corrected chi connectivity index (χ2v) is 28.1. The minimum Gasteiger partial charge on any atom is -0.558 e. The number of phenolic OH excluding ortho intramolecular Hbond substituents is 4. The molecule has 12 aromatic carbocycles. The number of nitrogens with one attached hydrogen (secondary N) is 2. The van der Waals surface area contributed by atoms with Crippen LogP contribution < -0.4 is 35.2 Å². The topological polar surface area (TPSA) is 454 Å². The minimum absolute atomic E-state index is 0.0127. The zero-order valence-electron chi connectivity index (χ0n) is 67.1. The summed E-state index contributed by atoms with van der Waals surface area (Å²) in [6.07, 6.45) is 0.385. The fourth-order valence-corrected chi connectivity index (χ4v) is 11.5. The number of ether oxygens (including phenoxy) is 5. The molecule has 0 saturated carbocycles. The fraction of sp³-hybridized carbons (Fsp3) is 0.163. The molecule has 0 fully saturated rings. The lowest BCUT2D eigenvalue weighted by Gasteiger charge is -2.18. The van der Waals surface area contributed by atoms with Crippen molar-refractivity contribution in [3.8, 4) is 34.5 Å². The molecule has 12 aromatic rings. The molecule has 0 aliphatic carbocycles. The summed E-state index contributed by atoms with van der Waals surface area (Å²) in [6.45, 7) is 2.80. The predicted molar refractivity (Wildman–Crippen MR) is 461 cm³/mol. The van der Waals surface area contributed by atoms with Gasteiger partial charge in [0.25, 0.3) is 0 Å². The largest absolute Gasteiger partial charge is 0.558 e. The van der Waals surface area contributed by atoms with E-state index in [4.69, 9.17) is 49.1 Å². The third kappa shape index (κ3) is 42.2. The first kappa shape index (κ1) is 101. The molecular weight excluding hydrogens is 1690 g/mol. The zero-order valence-corrected chi connectivity index (χ0v) is 70.7. The highest BCUT2D eigenvalue weighted by molar-refractivity contribution is 7.31. The third-order valence-electron chi connectivity index (χ3n) is 17.0. The van der Waals surface area contributed by atoms with Crippen molar-refractivity contribution in [1.82, 2.24) is 10.6 Å². The van der Waals surface area contributed by atoms with Gasteiger partial charge in [-0.25, -0.2) is 19.6 Å². The Morgan fingerprint density at radius 3 is 0.872 bits per heavy atom. The molecule has 0 aromatic heterocycles. The summed E-state index contributed by atoms with van der Waals surface area (Å²) in [6, 6.07) is 95.8. The number of aromatic hydroxyl groups is 4. The molecule has 0 amide bonds. The van der Waals surface area contributed by atoms with Crippen molar-refractivity contribution >= 4 is 63.4 Å². The average molecular weight is 1780 g/mol. The first-order valence-corrected chi connectivity index (χ1v) is 41.7. The average Bonchev–Trinajstić information content (AvgIpc) is 0.836. The van der Waals surface area contributed by atoms with Gasteiger partial charge in [-0.3, -0.25) is 43.7 Å². The van der Waals surface area contributed by atoms with Crippen molar-refractivity contribution in [3.63, 3.8) is 0 Å². The van der Waals surface area contributed by atoms with Gasteiger partial charge in [0.2, 0.25) is 11.5 Å². The van der Waals surface area contributed by atoms with Crippen LogP contribution in [-0.4, -0.2) is 91.6 Å². The molecule has 0 aliphatic rings. The third-order valence-corrected chi connectivity index (χ3v) is 17.9. The zero-order chi connectivity index (χ0) is 90.0. The van der Waals surface area contributed by atoms with Gasteiger partial charge in [0.1, 0.15) is 37.9 Å². The Bertz CT molecular complexity index is 5010. The molecule has 0 aliphatic heterocycles. The number of Topliss-reactive ketones (excluding diaryl/α,β-unsaturated/α-hetero) is 2. The molecule has 10 N–H and O–H groups in total. The maximum atomic E-state index is 12.9. The van der Waals surface area contributed by atoms with E-state index in [2.05, 4.69) is 77.6 Å². The van der Waals surface area contributed by atoms with Crippen molar-refractivity contribution in [1.29, 1.82) is 0 Å². The van der Waals surface area contributed by atoms with Gasteiger partial charge >= 0.3 is 51.8 Å². The van der Waals surface area contributed by atoms with Gasteiger partial charge in [-0.2, -0.15) is 0 Å². The molecule has 0 spiro atoms. The highest BCUT2D eigenvalue weighted by Crippen LogP contribution is 2.37. The van der Waals surface area contributed by atoms with E-state index in [0.29, 0.717) is 54.2 Å². The second-order valence-electron chi connectivity index (χ2n) is 26.2. The number of carbonyl (C=O) groups is 5. The molecule has 12 rings (SSSR count). The number of esters is 3. The highest BCUT2D eigenvalue weighted by Gasteiger charge is 2.27. The lowest BCUT2D eigenvalue weighted by Crippen LogP contribution is -2.42. The van der Waals surface area contributed by atoms with E-state index in [1.54, 1.807) is 91.0 Å². The highest BCUT2D eigenvalue weighted by atomic mass is 31.1. The van der Waals surface area contributed by atoms with E-state index in [-0.39, 0.29) is 98.2 Å². The number of benzene rings is 12. The molecule has 0 bridgehead atoms. The Labute approximate surface area is 726 Å². The summed E-state index contributed by atoms with van der Waals surface area (Å²) in [5, 5.41) is 57.8. The van der Waals surface area contributed by atoms with E-state index in [1.165, 1.54) is 64.7 Å². The van der Waals surface area contributed by atoms with Crippen molar-refractivity contribution in [2.75, 3.05) is 13.1 Å². The normalized spacial score (nSPS) is 11.3. The van der Waals surface area contributed by atoms with Gasteiger partial charge in [-0.1, -0.05) is 291 Å². The number of rotatable bonds is 37. The van der Waals surface area contributed by atoms with Crippen LogP contribution in [0.25, 0.3) is 0 Å². The maximum Gasteiger partial charge on any atom is 0.539 e. The SMILES string of the molecule is N[C@@H](Cc1ccc(O)c(O)c1)C(=O)OCc1ccccc1.O=C(CN[C@@H](Cc1ccc(O)c(O)c1)C(=O)OCc1ccccc1)c1ccccc1.O=C(CN[C@@H](Cc1ccc(O[P+](=O)[O-])c(O[P+](=O)[O-])c1)C(=O)OCc1ccccc1)c1ccccc1.O=POO.O=POO.c1ccc(COCc2ccccc2)cc1.c1ccc(COCc2ccccc2)cc1. The quantitative estimate of drug-likeness (QED) is 0.00332. The predicted octanol–water partition coefficient (Wildman–Crippen LogP) is 15.7. The summed E-state index contributed by atoms with van der Waals surface area (Å²) >= 11 is 0. The Balaban J connectivity index is 0.000000244. The van der Waals surface area contributed by atoms with E-state index in [9.17, 15) is 63.3 Å². The minimum atomic E-state index is -3.36. The monoisotopic (exact) mass is 1780 g/mol. The van der Waals surface area contributed by atoms with Gasteiger partial charge in [0.05, 0.1) is 39.5 Å². The first-order valence-electron chi connectivity index (χ1n) is 38.0. The van der Waals surface area contributed by atoms with E-state index >= 15 is 0 Å². The molecule has 0 radical (unpaired) electrons. The molecule has 125 heavy (non-hydrogen) atoms. The first-order chi connectivity index (χ1) is 60.6. The number of ketones is 2. The van der Waals surface area contributed by atoms with Crippen molar-refractivity contribution in [3.05, 3.63) is 394 Å². The van der Waals surface area contributed by atoms with E-state index in [0.717, 1.165) is 16.7 Å².